The largest absolute Gasteiger partial charge is 0.273 e. The Labute approximate surface area is 178 Å². The number of hydrogen-bond acceptors (Lipinski definition) is 2. The minimum atomic E-state index is -0.271. The quantitative estimate of drug-likeness (QED) is 0.412. The molecule has 0 radical (unpaired) electrons. The van der Waals surface area contributed by atoms with E-state index in [4.69, 9.17) is 0 Å². The average Bonchev–Trinajstić information content (AvgIpc) is 3.55. The molecule has 3 heteroatoms. The molecule has 3 nitrogen and oxygen atoms in total. The number of amides is 1. The standard InChI is InChI=1S/C27H28N2O/c1-20(2)18-25(21-12-6-3-7-13-21)28-29-26(30)24-19-27(24,22-14-8-4-9-15-22)23-16-10-5-11-17-23/h3-17,20,24H,18-19H2,1-2H3,(H,29,30)/b28-25-/t24-/m0/s1. The minimum Gasteiger partial charge on any atom is -0.273 e. The summed E-state index contributed by atoms with van der Waals surface area (Å²) in [4.78, 5) is 13.2. The van der Waals surface area contributed by atoms with Crippen LogP contribution in [0, 0.1) is 11.8 Å². The summed E-state index contributed by atoms with van der Waals surface area (Å²) in [6.45, 7) is 4.33. The molecule has 0 saturated heterocycles. The second-order valence-corrected chi connectivity index (χ2v) is 8.46. The molecule has 1 fully saturated rings. The number of benzene rings is 3. The first kappa shape index (κ1) is 20.1. The van der Waals surface area contributed by atoms with Crippen LogP contribution in [0.1, 0.15) is 43.4 Å². The summed E-state index contributed by atoms with van der Waals surface area (Å²) in [5, 5.41) is 4.57. The van der Waals surface area contributed by atoms with Crippen LogP contribution in [0.15, 0.2) is 96.1 Å². The van der Waals surface area contributed by atoms with Gasteiger partial charge in [0.05, 0.1) is 11.6 Å². The van der Waals surface area contributed by atoms with Gasteiger partial charge >= 0.3 is 0 Å². The topological polar surface area (TPSA) is 41.5 Å². The summed E-state index contributed by atoms with van der Waals surface area (Å²) < 4.78 is 0. The molecule has 0 unspecified atom stereocenters. The van der Waals surface area contributed by atoms with Gasteiger partial charge in [-0.3, -0.25) is 4.79 Å². The summed E-state index contributed by atoms with van der Waals surface area (Å²) in [6.07, 6.45) is 1.62. The molecule has 0 spiro atoms. The van der Waals surface area contributed by atoms with Crippen molar-refractivity contribution in [1.82, 2.24) is 5.43 Å². The van der Waals surface area contributed by atoms with E-state index in [2.05, 4.69) is 48.6 Å². The Morgan fingerprint density at radius 1 is 0.900 bits per heavy atom. The zero-order valence-corrected chi connectivity index (χ0v) is 17.6. The van der Waals surface area contributed by atoms with Gasteiger partial charge in [-0.2, -0.15) is 5.10 Å². The number of carbonyl (C=O) groups excluding carboxylic acids is 1. The van der Waals surface area contributed by atoms with Gasteiger partial charge in [-0.05, 0) is 35.4 Å². The van der Waals surface area contributed by atoms with Crippen molar-refractivity contribution >= 4 is 11.6 Å². The molecule has 0 heterocycles. The average molecular weight is 397 g/mol. The van der Waals surface area contributed by atoms with Crippen LogP contribution in [-0.4, -0.2) is 11.6 Å². The van der Waals surface area contributed by atoms with Gasteiger partial charge in [-0.1, -0.05) is 105 Å². The molecule has 1 amide bonds. The lowest BCUT2D eigenvalue weighted by Crippen LogP contribution is -2.27. The van der Waals surface area contributed by atoms with E-state index >= 15 is 0 Å². The Kier molecular flexibility index (Phi) is 5.80. The molecule has 0 aliphatic heterocycles. The van der Waals surface area contributed by atoms with Crippen LogP contribution in [0.5, 0.6) is 0 Å². The third-order valence-electron chi connectivity index (χ3n) is 5.86. The lowest BCUT2D eigenvalue weighted by atomic mass is 9.85. The zero-order valence-electron chi connectivity index (χ0n) is 17.6. The highest BCUT2D eigenvalue weighted by molar-refractivity contribution is 6.01. The van der Waals surface area contributed by atoms with E-state index in [0.717, 1.165) is 24.1 Å². The molecule has 1 aliphatic carbocycles. The van der Waals surface area contributed by atoms with E-state index < -0.39 is 0 Å². The Morgan fingerprint density at radius 2 is 1.40 bits per heavy atom. The molecule has 1 saturated carbocycles. The summed E-state index contributed by atoms with van der Waals surface area (Å²) >= 11 is 0. The maximum Gasteiger partial charge on any atom is 0.244 e. The highest BCUT2D eigenvalue weighted by atomic mass is 16.2. The SMILES string of the molecule is CC(C)C/C(=N/NC(=O)[C@@H]1CC1(c1ccccc1)c1ccccc1)c1ccccc1. The van der Waals surface area contributed by atoms with Gasteiger partial charge in [0.1, 0.15) is 0 Å². The Hall–Kier alpha value is -3.20. The van der Waals surface area contributed by atoms with E-state index in [1.807, 2.05) is 66.7 Å². The first-order valence-corrected chi connectivity index (χ1v) is 10.6. The Bertz CT molecular complexity index is 971. The molecule has 4 rings (SSSR count). The van der Waals surface area contributed by atoms with Gasteiger partial charge < -0.3 is 0 Å². The fourth-order valence-corrected chi connectivity index (χ4v) is 4.30. The van der Waals surface area contributed by atoms with Crippen LogP contribution >= 0.6 is 0 Å². The third-order valence-corrected chi connectivity index (χ3v) is 5.86. The fourth-order valence-electron chi connectivity index (χ4n) is 4.30. The summed E-state index contributed by atoms with van der Waals surface area (Å²) in [5.74, 6) is 0.316. The molecule has 3 aromatic carbocycles. The molecule has 152 valence electrons. The molecular weight excluding hydrogens is 368 g/mol. The van der Waals surface area contributed by atoms with Crippen LogP contribution in [0.2, 0.25) is 0 Å². The van der Waals surface area contributed by atoms with E-state index in [-0.39, 0.29) is 17.2 Å². The highest BCUT2D eigenvalue weighted by Crippen LogP contribution is 2.58. The van der Waals surface area contributed by atoms with Crippen molar-refractivity contribution in [3.63, 3.8) is 0 Å². The van der Waals surface area contributed by atoms with E-state index in [1.165, 1.54) is 11.1 Å². The summed E-state index contributed by atoms with van der Waals surface area (Å²) in [5.41, 5.74) is 6.97. The number of hydrazone groups is 1. The van der Waals surface area contributed by atoms with E-state index in [9.17, 15) is 4.79 Å². The van der Waals surface area contributed by atoms with Crippen LogP contribution in [0.25, 0.3) is 0 Å². The van der Waals surface area contributed by atoms with Crippen molar-refractivity contribution in [3.05, 3.63) is 108 Å². The van der Waals surface area contributed by atoms with Crippen molar-refractivity contribution in [2.45, 2.75) is 32.1 Å². The Morgan fingerprint density at radius 3 is 1.90 bits per heavy atom. The van der Waals surface area contributed by atoms with Gasteiger partial charge in [0.25, 0.3) is 0 Å². The maximum absolute atomic E-state index is 13.2. The zero-order chi connectivity index (χ0) is 21.0. The number of nitrogens with one attached hydrogen (secondary N) is 1. The lowest BCUT2D eigenvalue weighted by molar-refractivity contribution is -0.122. The Balaban J connectivity index is 1.59. The fraction of sp³-hybridized carbons (Fsp3) is 0.259. The van der Waals surface area contributed by atoms with Gasteiger partial charge in [0, 0.05) is 5.41 Å². The van der Waals surface area contributed by atoms with Crippen molar-refractivity contribution in [2.75, 3.05) is 0 Å². The first-order valence-electron chi connectivity index (χ1n) is 10.6. The van der Waals surface area contributed by atoms with Gasteiger partial charge in [0.15, 0.2) is 0 Å². The number of carbonyl (C=O) groups is 1. The van der Waals surface area contributed by atoms with Crippen molar-refractivity contribution in [2.24, 2.45) is 16.9 Å². The predicted molar refractivity (Wildman–Crippen MR) is 122 cm³/mol. The molecule has 0 bridgehead atoms. The molecule has 30 heavy (non-hydrogen) atoms. The molecular formula is C27H28N2O. The normalized spacial score (nSPS) is 17.6. The van der Waals surface area contributed by atoms with Crippen LogP contribution in [-0.2, 0) is 10.2 Å². The van der Waals surface area contributed by atoms with Gasteiger partial charge in [-0.25, -0.2) is 5.43 Å². The van der Waals surface area contributed by atoms with Crippen LogP contribution in [0.3, 0.4) is 0 Å². The second-order valence-electron chi connectivity index (χ2n) is 8.46. The highest BCUT2D eigenvalue weighted by Gasteiger charge is 2.60. The third kappa shape index (κ3) is 4.06. The van der Waals surface area contributed by atoms with Crippen LogP contribution in [0.4, 0.5) is 0 Å². The van der Waals surface area contributed by atoms with Crippen molar-refractivity contribution in [3.8, 4) is 0 Å². The molecule has 1 aliphatic rings. The maximum atomic E-state index is 13.2. The summed E-state index contributed by atoms with van der Waals surface area (Å²) in [6, 6.07) is 30.8. The van der Waals surface area contributed by atoms with Gasteiger partial charge in [0.2, 0.25) is 5.91 Å². The van der Waals surface area contributed by atoms with E-state index in [1.54, 1.807) is 0 Å². The minimum absolute atomic E-state index is 0.0140. The van der Waals surface area contributed by atoms with Crippen molar-refractivity contribution < 1.29 is 4.79 Å². The first-order chi connectivity index (χ1) is 14.6. The number of nitrogens with zero attached hydrogens (tertiary/aromatic N) is 1. The molecule has 1 atom stereocenters. The van der Waals surface area contributed by atoms with E-state index in [0.29, 0.717) is 5.92 Å². The lowest BCUT2D eigenvalue weighted by Gasteiger charge is -2.18. The number of rotatable bonds is 7. The number of hydrogen-bond donors (Lipinski definition) is 1. The van der Waals surface area contributed by atoms with Crippen molar-refractivity contribution in [1.29, 1.82) is 0 Å². The summed E-state index contributed by atoms with van der Waals surface area (Å²) in [7, 11) is 0. The second kappa shape index (κ2) is 8.66. The molecule has 0 aromatic heterocycles. The van der Waals surface area contributed by atoms with Gasteiger partial charge in [-0.15, -0.1) is 0 Å². The molecule has 3 aromatic rings. The monoisotopic (exact) mass is 396 g/mol. The smallest absolute Gasteiger partial charge is 0.244 e. The van der Waals surface area contributed by atoms with Crippen LogP contribution < -0.4 is 5.43 Å². The molecule has 1 N–H and O–H groups in total. The predicted octanol–water partition coefficient (Wildman–Crippen LogP) is 5.56.